The van der Waals surface area contributed by atoms with Crippen molar-refractivity contribution in [1.82, 2.24) is 5.32 Å². The van der Waals surface area contributed by atoms with Gasteiger partial charge in [0.1, 0.15) is 5.75 Å². The smallest absolute Gasteiger partial charge is 0.251 e. The van der Waals surface area contributed by atoms with Crippen LogP contribution in [0.15, 0.2) is 60.7 Å². The predicted octanol–water partition coefficient (Wildman–Crippen LogP) is 5.94. The number of nitrogens with zero attached hydrogens (tertiary/aromatic N) is 1. The lowest BCUT2D eigenvalue weighted by molar-refractivity contribution is 0.1000. The number of aryl methyl sites for hydroxylation is 1. The molecule has 4 aromatic carbocycles. The molecule has 1 saturated heterocycles. The molecule has 1 heterocycles. The first kappa shape index (κ1) is 25.8. The number of amides is 1. The molecule has 0 radical (unpaired) electrons. The van der Waals surface area contributed by atoms with E-state index in [0.29, 0.717) is 5.56 Å². The lowest BCUT2D eigenvalue weighted by Gasteiger charge is -2.34. The third-order valence-electron chi connectivity index (χ3n) is 7.09. The van der Waals surface area contributed by atoms with Crippen molar-refractivity contribution < 1.29 is 9.53 Å². The number of nitrogens with two attached hydrogens (primary N) is 1. The van der Waals surface area contributed by atoms with Gasteiger partial charge in [0.25, 0.3) is 5.91 Å². The van der Waals surface area contributed by atoms with Gasteiger partial charge in [-0.25, -0.2) is 0 Å². The Kier molecular flexibility index (Phi) is 8.02. The second-order valence-corrected chi connectivity index (χ2v) is 9.23. The Morgan fingerprint density at radius 2 is 1.64 bits per heavy atom. The molecule has 36 heavy (non-hydrogen) atoms. The summed E-state index contributed by atoms with van der Waals surface area (Å²) in [4.78, 5) is 15.6. The van der Waals surface area contributed by atoms with Crippen LogP contribution in [0.5, 0.6) is 5.75 Å². The summed E-state index contributed by atoms with van der Waals surface area (Å²) in [6.45, 7) is 5.54. The minimum atomic E-state index is -0.365. The summed E-state index contributed by atoms with van der Waals surface area (Å²) in [7, 11) is 1.70. The Morgan fingerprint density at radius 1 is 1.00 bits per heavy atom. The maximum absolute atomic E-state index is 13.2. The van der Waals surface area contributed by atoms with Crippen molar-refractivity contribution >= 4 is 45.5 Å². The number of hydrogen-bond acceptors (Lipinski definition) is 4. The van der Waals surface area contributed by atoms with Crippen LogP contribution in [0, 0.1) is 0 Å². The van der Waals surface area contributed by atoms with E-state index in [1.54, 1.807) is 7.11 Å². The Balaban J connectivity index is 0.00000304. The standard InChI is InChI=1S/C30H33N3O2.ClH/c1-3-4-11-22-24-18-20-9-5-6-10-21(20)19-25(24)27(23-12-7-8-13-26(23)35-2)29(28(22)30(31)34)33-16-14-32-15-17-33;/h5-10,12-13,18-19,32H,3-4,11,14-17H2,1-2H3,(H2,31,34);1H. The number of halogens is 1. The number of benzene rings is 4. The van der Waals surface area contributed by atoms with Crippen LogP contribution in [0.4, 0.5) is 5.69 Å². The molecule has 0 aliphatic carbocycles. The number of primary amides is 1. The summed E-state index contributed by atoms with van der Waals surface area (Å²) in [5.41, 5.74) is 10.9. The summed E-state index contributed by atoms with van der Waals surface area (Å²) in [5.74, 6) is 0.422. The quantitative estimate of drug-likeness (QED) is 0.306. The zero-order valence-electron chi connectivity index (χ0n) is 21.0. The summed E-state index contributed by atoms with van der Waals surface area (Å²) >= 11 is 0. The van der Waals surface area contributed by atoms with E-state index < -0.39 is 0 Å². The molecule has 0 spiro atoms. The van der Waals surface area contributed by atoms with Crippen LogP contribution in [0.25, 0.3) is 32.7 Å². The molecule has 1 aliphatic rings. The topological polar surface area (TPSA) is 67.6 Å². The number of carbonyl (C=O) groups is 1. The summed E-state index contributed by atoms with van der Waals surface area (Å²) in [6, 6.07) is 21.0. The summed E-state index contributed by atoms with van der Waals surface area (Å²) < 4.78 is 5.83. The Hall–Kier alpha value is -3.28. The van der Waals surface area contributed by atoms with Gasteiger partial charge in [0.15, 0.2) is 0 Å². The average molecular weight is 504 g/mol. The Bertz CT molecular complexity index is 1400. The van der Waals surface area contributed by atoms with Crippen molar-refractivity contribution in [2.45, 2.75) is 26.2 Å². The minimum absolute atomic E-state index is 0. The number of nitrogens with one attached hydrogen (secondary N) is 1. The molecular weight excluding hydrogens is 470 g/mol. The van der Waals surface area contributed by atoms with Gasteiger partial charge in [0.05, 0.1) is 18.4 Å². The molecule has 6 heteroatoms. The first-order chi connectivity index (χ1) is 17.1. The van der Waals surface area contributed by atoms with Gasteiger partial charge in [-0.1, -0.05) is 55.8 Å². The third-order valence-corrected chi connectivity index (χ3v) is 7.09. The maximum Gasteiger partial charge on any atom is 0.251 e. The van der Waals surface area contributed by atoms with E-state index in [9.17, 15) is 4.79 Å². The summed E-state index contributed by atoms with van der Waals surface area (Å²) in [5, 5.41) is 8.02. The number of ether oxygens (including phenoxy) is 1. The molecule has 0 aromatic heterocycles. The largest absolute Gasteiger partial charge is 0.496 e. The third kappa shape index (κ3) is 4.61. The predicted molar refractivity (Wildman–Crippen MR) is 153 cm³/mol. The highest BCUT2D eigenvalue weighted by Gasteiger charge is 2.29. The number of methoxy groups -OCH3 is 1. The van der Waals surface area contributed by atoms with Gasteiger partial charge in [-0.15, -0.1) is 12.4 Å². The number of carbonyl (C=O) groups excluding carboxylic acids is 1. The van der Waals surface area contributed by atoms with Crippen molar-refractivity contribution in [2.24, 2.45) is 5.73 Å². The molecule has 1 fully saturated rings. The fourth-order valence-corrected chi connectivity index (χ4v) is 5.43. The van der Waals surface area contributed by atoms with Crippen molar-refractivity contribution in [1.29, 1.82) is 0 Å². The van der Waals surface area contributed by atoms with Crippen LogP contribution in [-0.4, -0.2) is 39.2 Å². The van der Waals surface area contributed by atoms with E-state index in [4.69, 9.17) is 10.5 Å². The van der Waals surface area contributed by atoms with Gasteiger partial charge in [0, 0.05) is 37.3 Å². The van der Waals surface area contributed by atoms with Crippen molar-refractivity contribution in [3.05, 3.63) is 71.8 Å². The molecule has 4 aromatic rings. The van der Waals surface area contributed by atoms with Crippen LogP contribution in [-0.2, 0) is 6.42 Å². The first-order valence-electron chi connectivity index (χ1n) is 12.5. The van der Waals surface area contributed by atoms with Gasteiger partial charge < -0.3 is 20.7 Å². The van der Waals surface area contributed by atoms with Crippen molar-refractivity contribution in [2.75, 3.05) is 38.2 Å². The molecule has 0 bridgehead atoms. The molecule has 1 aliphatic heterocycles. The average Bonchev–Trinajstić information content (AvgIpc) is 2.90. The highest BCUT2D eigenvalue weighted by atomic mass is 35.5. The van der Waals surface area contributed by atoms with Gasteiger partial charge in [0.2, 0.25) is 0 Å². The molecule has 3 N–H and O–H groups in total. The normalized spacial score (nSPS) is 13.6. The number of anilines is 1. The number of hydrogen-bond donors (Lipinski definition) is 2. The van der Waals surface area contributed by atoms with Crippen LogP contribution >= 0.6 is 12.4 Å². The van der Waals surface area contributed by atoms with Crippen molar-refractivity contribution in [3.8, 4) is 16.9 Å². The van der Waals surface area contributed by atoms with E-state index in [1.165, 1.54) is 5.39 Å². The fraction of sp³-hybridized carbons (Fsp3) is 0.300. The number of unbranched alkanes of at least 4 members (excludes halogenated alkanes) is 1. The SMILES string of the molecule is CCCCc1c(C(N)=O)c(N2CCNCC2)c(-c2ccccc2OC)c2cc3ccccc3cc12.Cl. The van der Waals surface area contributed by atoms with E-state index in [0.717, 1.165) is 89.7 Å². The van der Waals surface area contributed by atoms with Crippen LogP contribution in [0.3, 0.4) is 0 Å². The Morgan fingerprint density at radius 3 is 2.28 bits per heavy atom. The molecule has 5 rings (SSSR count). The maximum atomic E-state index is 13.2. The highest BCUT2D eigenvalue weighted by molar-refractivity contribution is 6.17. The number of piperazine rings is 1. The van der Waals surface area contributed by atoms with Crippen LogP contribution in [0.2, 0.25) is 0 Å². The molecule has 0 unspecified atom stereocenters. The van der Waals surface area contributed by atoms with Crippen LogP contribution in [0.1, 0.15) is 35.7 Å². The van der Waals surface area contributed by atoms with E-state index in [2.05, 4.69) is 59.6 Å². The molecule has 5 nitrogen and oxygen atoms in total. The number of rotatable bonds is 7. The van der Waals surface area contributed by atoms with Gasteiger partial charge >= 0.3 is 0 Å². The highest BCUT2D eigenvalue weighted by Crippen LogP contribution is 2.47. The van der Waals surface area contributed by atoms with Crippen molar-refractivity contribution in [3.63, 3.8) is 0 Å². The lowest BCUT2D eigenvalue weighted by atomic mass is 9.84. The van der Waals surface area contributed by atoms with E-state index >= 15 is 0 Å². The zero-order valence-corrected chi connectivity index (χ0v) is 21.8. The van der Waals surface area contributed by atoms with Gasteiger partial charge in [-0.05, 0) is 58.1 Å². The molecular formula is C30H34ClN3O2. The lowest BCUT2D eigenvalue weighted by Crippen LogP contribution is -2.44. The van der Waals surface area contributed by atoms with Gasteiger partial charge in [-0.3, -0.25) is 4.79 Å². The number of fused-ring (bicyclic) bond motifs is 2. The second-order valence-electron chi connectivity index (χ2n) is 9.23. The fourth-order valence-electron chi connectivity index (χ4n) is 5.43. The number of para-hydroxylation sites is 1. The molecule has 0 saturated carbocycles. The second kappa shape index (κ2) is 11.2. The zero-order chi connectivity index (χ0) is 24.4. The summed E-state index contributed by atoms with van der Waals surface area (Å²) in [6.07, 6.45) is 2.86. The molecule has 188 valence electrons. The Labute approximate surface area is 219 Å². The van der Waals surface area contributed by atoms with Crippen LogP contribution < -0.4 is 20.7 Å². The minimum Gasteiger partial charge on any atom is -0.496 e. The molecule has 1 amide bonds. The molecule has 0 atom stereocenters. The van der Waals surface area contributed by atoms with Gasteiger partial charge in [-0.2, -0.15) is 0 Å². The first-order valence-corrected chi connectivity index (χ1v) is 12.5. The monoisotopic (exact) mass is 503 g/mol. The van der Waals surface area contributed by atoms with E-state index in [-0.39, 0.29) is 18.3 Å². The van der Waals surface area contributed by atoms with E-state index in [1.807, 2.05) is 18.2 Å².